The molecular formula is C20H40N4O2. The van der Waals surface area contributed by atoms with Gasteiger partial charge in [0.15, 0.2) is 0 Å². The van der Waals surface area contributed by atoms with E-state index < -0.39 is 0 Å². The first-order chi connectivity index (χ1) is 12.5. The predicted molar refractivity (Wildman–Crippen MR) is 106 cm³/mol. The van der Waals surface area contributed by atoms with Crippen molar-refractivity contribution in [2.24, 2.45) is 11.8 Å². The van der Waals surface area contributed by atoms with Crippen molar-refractivity contribution in [3.63, 3.8) is 0 Å². The van der Waals surface area contributed by atoms with Crippen molar-refractivity contribution in [3.8, 4) is 0 Å². The van der Waals surface area contributed by atoms with Gasteiger partial charge in [-0.25, -0.2) is 4.79 Å². The number of carbonyl (C=O) groups is 1. The Kier molecular flexibility index (Phi) is 9.16. The zero-order valence-corrected chi connectivity index (χ0v) is 17.3. The van der Waals surface area contributed by atoms with Gasteiger partial charge in [-0.05, 0) is 44.6 Å². The van der Waals surface area contributed by atoms with Crippen molar-refractivity contribution in [1.82, 2.24) is 20.4 Å². The summed E-state index contributed by atoms with van der Waals surface area (Å²) >= 11 is 0. The quantitative estimate of drug-likeness (QED) is 0.689. The highest BCUT2D eigenvalue weighted by molar-refractivity contribution is 5.73. The Morgan fingerprint density at radius 2 is 1.77 bits per heavy atom. The fourth-order valence-electron chi connectivity index (χ4n) is 4.12. The second-order valence-corrected chi connectivity index (χ2v) is 8.61. The minimum absolute atomic E-state index is 0.0380. The van der Waals surface area contributed by atoms with Crippen LogP contribution in [0.4, 0.5) is 4.79 Å². The van der Waals surface area contributed by atoms with E-state index in [2.05, 4.69) is 48.1 Å². The maximum atomic E-state index is 12.3. The molecule has 2 N–H and O–H groups in total. The SMILES string of the molecule is CC(C)CC(CNC(=O)NCC(C)N1CCCC(C)C1)N1CCOCC1. The molecule has 2 aliphatic heterocycles. The lowest BCUT2D eigenvalue weighted by atomic mass is 9.99. The number of urea groups is 1. The van der Waals surface area contributed by atoms with Crippen molar-refractivity contribution in [2.45, 2.75) is 59.0 Å². The average molecular weight is 369 g/mol. The van der Waals surface area contributed by atoms with Crippen LogP contribution in [0.25, 0.3) is 0 Å². The molecule has 0 radical (unpaired) electrons. The smallest absolute Gasteiger partial charge is 0.314 e. The minimum atomic E-state index is -0.0380. The van der Waals surface area contributed by atoms with Crippen LogP contribution in [0, 0.1) is 11.8 Å². The molecule has 0 aromatic heterocycles. The first-order valence-electron chi connectivity index (χ1n) is 10.5. The minimum Gasteiger partial charge on any atom is -0.379 e. The van der Waals surface area contributed by atoms with Crippen molar-refractivity contribution in [2.75, 3.05) is 52.5 Å². The summed E-state index contributed by atoms with van der Waals surface area (Å²) in [5, 5.41) is 6.17. The van der Waals surface area contributed by atoms with Crippen LogP contribution in [0.1, 0.15) is 47.0 Å². The van der Waals surface area contributed by atoms with Gasteiger partial charge in [0.05, 0.1) is 13.2 Å². The average Bonchev–Trinajstić information content (AvgIpc) is 2.63. The van der Waals surface area contributed by atoms with Crippen LogP contribution in [-0.2, 0) is 4.74 Å². The Labute approximate surface area is 160 Å². The maximum Gasteiger partial charge on any atom is 0.314 e. The molecule has 6 heteroatoms. The molecule has 3 atom stereocenters. The summed E-state index contributed by atoms with van der Waals surface area (Å²) in [7, 11) is 0. The highest BCUT2D eigenvalue weighted by Gasteiger charge is 2.23. The molecule has 2 heterocycles. The number of piperidine rings is 1. The number of ether oxygens (including phenoxy) is 1. The second kappa shape index (κ2) is 11.1. The number of rotatable bonds is 8. The van der Waals surface area contributed by atoms with Crippen molar-refractivity contribution in [1.29, 1.82) is 0 Å². The topological polar surface area (TPSA) is 56.8 Å². The molecule has 2 fully saturated rings. The van der Waals surface area contributed by atoms with Crippen LogP contribution in [0.15, 0.2) is 0 Å². The van der Waals surface area contributed by atoms with E-state index in [0.29, 0.717) is 31.1 Å². The van der Waals surface area contributed by atoms with Gasteiger partial charge in [0.1, 0.15) is 0 Å². The number of nitrogens with one attached hydrogen (secondary N) is 2. The molecule has 26 heavy (non-hydrogen) atoms. The highest BCUT2D eigenvalue weighted by Crippen LogP contribution is 2.17. The molecule has 0 aliphatic carbocycles. The predicted octanol–water partition coefficient (Wildman–Crippen LogP) is 2.15. The van der Waals surface area contributed by atoms with E-state index in [-0.39, 0.29) is 6.03 Å². The summed E-state index contributed by atoms with van der Waals surface area (Å²) in [4.78, 5) is 17.2. The van der Waals surface area contributed by atoms with Gasteiger partial charge in [0.25, 0.3) is 0 Å². The zero-order chi connectivity index (χ0) is 18.9. The third-order valence-corrected chi connectivity index (χ3v) is 5.67. The summed E-state index contributed by atoms with van der Waals surface area (Å²) in [6.45, 7) is 16.3. The molecule has 0 saturated carbocycles. The molecule has 2 amide bonds. The molecule has 0 bridgehead atoms. The number of hydrogen-bond donors (Lipinski definition) is 2. The molecule has 0 spiro atoms. The van der Waals surface area contributed by atoms with E-state index in [4.69, 9.17) is 4.74 Å². The zero-order valence-electron chi connectivity index (χ0n) is 17.3. The normalized spacial score (nSPS) is 25.0. The van der Waals surface area contributed by atoms with E-state index in [1.807, 2.05) is 0 Å². The molecule has 2 aliphatic rings. The number of carbonyl (C=O) groups excluding carboxylic acids is 1. The molecule has 3 unspecified atom stereocenters. The van der Waals surface area contributed by atoms with Crippen molar-refractivity contribution < 1.29 is 9.53 Å². The van der Waals surface area contributed by atoms with Gasteiger partial charge >= 0.3 is 6.03 Å². The van der Waals surface area contributed by atoms with Gasteiger partial charge in [0, 0.05) is 44.8 Å². The van der Waals surface area contributed by atoms with Crippen LogP contribution in [0.3, 0.4) is 0 Å². The second-order valence-electron chi connectivity index (χ2n) is 8.61. The number of hydrogen-bond acceptors (Lipinski definition) is 4. The molecule has 0 aromatic rings. The first kappa shape index (κ1) is 21.5. The number of likely N-dealkylation sites (tertiary alicyclic amines) is 1. The Morgan fingerprint density at radius 1 is 1.08 bits per heavy atom. The van der Waals surface area contributed by atoms with Crippen molar-refractivity contribution >= 4 is 6.03 Å². The summed E-state index contributed by atoms with van der Waals surface area (Å²) in [5.74, 6) is 1.39. The third-order valence-electron chi connectivity index (χ3n) is 5.67. The van der Waals surface area contributed by atoms with E-state index in [1.165, 1.54) is 12.8 Å². The molecular weight excluding hydrogens is 328 g/mol. The van der Waals surface area contributed by atoms with Crippen molar-refractivity contribution in [3.05, 3.63) is 0 Å². The van der Waals surface area contributed by atoms with Gasteiger partial charge in [0.2, 0.25) is 0 Å². The Bertz CT molecular complexity index is 413. The Hall–Kier alpha value is -0.850. The van der Waals surface area contributed by atoms with Crippen LogP contribution >= 0.6 is 0 Å². The lowest BCUT2D eigenvalue weighted by Crippen LogP contribution is -2.52. The maximum absolute atomic E-state index is 12.3. The van der Waals surface area contributed by atoms with Gasteiger partial charge in [-0.2, -0.15) is 0 Å². The van der Waals surface area contributed by atoms with E-state index in [9.17, 15) is 4.79 Å². The molecule has 2 rings (SSSR count). The third kappa shape index (κ3) is 7.41. The summed E-state index contributed by atoms with van der Waals surface area (Å²) in [6.07, 6.45) is 3.70. The highest BCUT2D eigenvalue weighted by atomic mass is 16.5. The molecule has 2 saturated heterocycles. The van der Waals surface area contributed by atoms with Crippen LogP contribution in [-0.4, -0.2) is 80.4 Å². The van der Waals surface area contributed by atoms with Gasteiger partial charge in [-0.1, -0.05) is 20.8 Å². The Morgan fingerprint density at radius 3 is 2.42 bits per heavy atom. The summed E-state index contributed by atoms with van der Waals surface area (Å²) in [5.41, 5.74) is 0. The number of nitrogens with zero attached hydrogens (tertiary/aromatic N) is 2. The molecule has 152 valence electrons. The van der Waals surface area contributed by atoms with Gasteiger partial charge in [-0.3, -0.25) is 9.80 Å². The fraction of sp³-hybridized carbons (Fsp3) is 0.950. The van der Waals surface area contributed by atoms with Crippen LogP contribution in [0.2, 0.25) is 0 Å². The Balaban J connectivity index is 1.71. The van der Waals surface area contributed by atoms with E-state index in [0.717, 1.165) is 51.7 Å². The monoisotopic (exact) mass is 368 g/mol. The molecule has 6 nitrogen and oxygen atoms in total. The van der Waals surface area contributed by atoms with E-state index >= 15 is 0 Å². The number of amides is 2. The van der Waals surface area contributed by atoms with Crippen LogP contribution in [0.5, 0.6) is 0 Å². The van der Waals surface area contributed by atoms with E-state index in [1.54, 1.807) is 0 Å². The first-order valence-corrected chi connectivity index (χ1v) is 10.5. The molecule has 0 aromatic carbocycles. The lowest BCUT2D eigenvalue weighted by molar-refractivity contribution is 0.0129. The lowest BCUT2D eigenvalue weighted by Gasteiger charge is -2.36. The number of morpholine rings is 1. The largest absolute Gasteiger partial charge is 0.379 e. The fourth-order valence-corrected chi connectivity index (χ4v) is 4.12. The summed E-state index contributed by atoms with van der Waals surface area (Å²) < 4.78 is 5.46. The summed E-state index contributed by atoms with van der Waals surface area (Å²) in [6, 6.07) is 0.753. The van der Waals surface area contributed by atoms with Gasteiger partial charge in [-0.15, -0.1) is 0 Å². The standard InChI is InChI=1S/C20H40N4O2/c1-16(2)12-19(23-8-10-26-11-9-23)14-22-20(25)21-13-18(4)24-7-5-6-17(3)15-24/h16-19H,5-15H2,1-4H3,(H2,21,22,25). The van der Waals surface area contributed by atoms with Crippen LogP contribution < -0.4 is 10.6 Å². The van der Waals surface area contributed by atoms with Gasteiger partial charge < -0.3 is 15.4 Å².